The standard InChI is InChI=1S/C15H20FNO3S/c1-10-4-7-14(16)13(8-10)15(18)17(12-5-6-12)11(2)9-21(3,19)20/h4,7-8,11-12H,5-6,9H2,1-3H3/t11-/m1/s1. The molecule has 1 aromatic rings. The fourth-order valence-electron chi connectivity index (χ4n) is 2.54. The summed E-state index contributed by atoms with van der Waals surface area (Å²) in [4.78, 5) is 14.1. The first-order valence-electron chi connectivity index (χ1n) is 6.95. The molecule has 1 amide bonds. The van der Waals surface area contributed by atoms with E-state index in [1.165, 1.54) is 17.0 Å². The summed E-state index contributed by atoms with van der Waals surface area (Å²) in [5.74, 6) is -1.10. The zero-order chi connectivity index (χ0) is 15.8. The van der Waals surface area contributed by atoms with Crippen molar-refractivity contribution in [2.75, 3.05) is 12.0 Å². The smallest absolute Gasteiger partial charge is 0.257 e. The molecule has 0 N–H and O–H groups in total. The second-order valence-corrected chi connectivity index (χ2v) is 8.05. The van der Waals surface area contributed by atoms with Gasteiger partial charge in [0.05, 0.1) is 11.3 Å². The Labute approximate surface area is 124 Å². The number of halogens is 1. The van der Waals surface area contributed by atoms with Crippen LogP contribution in [0.25, 0.3) is 0 Å². The molecule has 0 unspecified atom stereocenters. The van der Waals surface area contributed by atoms with E-state index in [0.29, 0.717) is 0 Å². The molecular formula is C15H20FNO3S. The number of rotatable bonds is 5. The topological polar surface area (TPSA) is 54.5 Å². The lowest BCUT2D eigenvalue weighted by Crippen LogP contribution is -2.44. The van der Waals surface area contributed by atoms with E-state index in [0.717, 1.165) is 24.7 Å². The summed E-state index contributed by atoms with van der Waals surface area (Å²) >= 11 is 0. The van der Waals surface area contributed by atoms with E-state index >= 15 is 0 Å². The van der Waals surface area contributed by atoms with Crippen LogP contribution in [-0.2, 0) is 9.84 Å². The van der Waals surface area contributed by atoms with Crippen LogP contribution in [0.15, 0.2) is 18.2 Å². The van der Waals surface area contributed by atoms with Gasteiger partial charge in [0.25, 0.3) is 5.91 Å². The average molecular weight is 313 g/mol. The second kappa shape index (κ2) is 5.75. The second-order valence-electron chi connectivity index (χ2n) is 5.87. The van der Waals surface area contributed by atoms with Gasteiger partial charge in [0.2, 0.25) is 0 Å². The summed E-state index contributed by atoms with van der Waals surface area (Å²) in [6.45, 7) is 3.49. The van der Waals surface area contributed by atoms with Crippen LogP contribution in [0.2, 0.25) is 0 Å². The van der Waals surface area contributed by atoms with Gasteiger partial charge in [-0.25, -0.2) is 12.8 Å². The Morgan fingerprint density at radius 1 is 1.43 bits per heavy atom. The van der Waals surface area contributed by atoms with Crippen molar-refractivity contribution < 1.29 is 17.6 Å². The molecule has 116 valence electrons. The molecule has 1 fully saturated rings. The molecule has 1 atom stereocenters. The Morgan fingerprint density at radius 2 is 2.05 bits per heavy atom. The van der Waals surface area contributed by atoms with E-state index in [2.05, 4.69) is 0 Å². The number of sulfone groups is 1. The maximum atomic E-state index is 13.9. The van der Waals surface area contributed by atoms with Gasteiger partial charge in [0, 0.05) is 18.3 Å². The maximum Gasteiger partial charge on any atom is 0.257 e. The fourth-order valence-corrected chi connectivity index (χ4v) is 3.58. The molecule has 0 aromatic heterocycles. The van der Waals surface area contributed by atoms with Crippen LogP contribution in [-0.4, -0.2) is 43.3 Å². The Morgan fingerprint density at radius 3 is 2.57 bits per heavy atom. The van der Waals surface area contributed by atoms with Crippen molar-refractivity contribution in [2.24, 2.45) is 0 Å². The minimum atomic E-state index is -3.20. The predicted octanol–water partition coefficient (Wildman–Crippen LogP) is 2.17. The number of aryl methyl sites for hydroxylation is 1. The van der Waals surface area contributed by atoms with Crippen LogP contribution in [0.1, 0.15) is 35.7 Å². The zero-order valence-corrected chi connectivity index (χ0v) is 13.3. The molecule has 0 bridgehead atoms. The largest absolute Gasteiger partial charge is 0.332 e. The number of benzene rings is 1. The van der Waals surface area contributed by atoms with Crippen LogP contribution in [0, 0.1) is 12.7 Å². The van der Waals surface area contributed by atoms with E-state index in [4.69, 9.17) is 0 Å². The highest BCUT2D eigenvalue weighted by molar-refractivity contribution is 7.90. The van der Waals surface area contributed by atoms with E-state index < -0.39 is 27.6 Å². The number of hydrogen-bond donors (Lipinski definition) is 0. The van der Waals surface area contributed by atoms with Crippen LogP contribution in [0.5, 0.6) is 0 Å². The Balaban J connectivity index is 2.30. The van der Waals surface area contributed by atoms with Crippen molar-refractivity contribution in [1.29, 1.82) is 0 Å². The first-order chi connectivity index (χ1) is 9.69. The molecule has 0 aliphatic heterocycles. The van der Waals surface area contributed by atoms with Crippen LogP contribution in [0.4, 0.5) is 4.39 Å². The molecule has 2 rings (SSSR count). The van der Waals surface area contributed by atoms with Crippen LogP contribution in [0.3, 0.4) is 0 Å². The SMILES string of the molecule is Cc1ccc(F)c(C(=O)N(C2CC2)[C@H](C)CS(C)(=O)=O)c1. The Hall–Kier alpha value is -1.43. The van der Waals surface area contributed by atoms with E-state index in [-0.39, 0.29) is 17.4 Å². The normalized spacial score (nSPS) is 16.6. The summed E-state index contributed by atoms with van der Waals surface area (Å²) in [5, 5.41) is 0. The predicted molar refractivity (Wildman–Crippen MR) is 79.5 cm³/mol. The van der Waals surface area contributed by atoms with Gasteiger partial charge in [0.15, 0.2) is 0 Å². The molecule has 1 aromatic carbocycles. The molecule has 0 heterocycles. The van der Waals surface area contributed by atoms with Gasteiger partial charge in [-0.2, -0.15) is 0 Å². The van der Waals surface area contributed by atoms with Crippen molar-refractivity contribution in [3.05, 3.63) is 35.1 Å². The molecule has 4 nitrogen and oxygen atoms in total. The number of hydrogen-bond acceptors (Lipinski definition) is 3. The summed E-state index contributed by atoms with van der Waals surface area (Å²) in [5.41, 5.74) is 0.813. The summed E-state index contributed by atoms with van der Waals surface area (Å²) in [6, 6.07) is 3.96. The summed E-state index contributed by atoms with van der Waals surface area (Å²) in [6.07, 6.45) is 2.83. The van der Waals surface area contributed by atoms with Crippen molar-refractivity contribution in [2.45, 2.75) is 38.8 Å². The lowest BCUT2D eigenvalue weighted by molar-refractivity contribution is 0.0688. The van der Waals surface area contributed by atoms with Gasteiger partial charge < -0.3 is 4.90 Å². The summed E-state index contributed by atoms with van der Waals surface area (Å²) < 4.78 is 36.8. The highest BCUT2D eigenvalue weighted by Gasteiger charge is 2.37. The van der Waals surface area contributed by atoms with Gasteiger partial charge in [0.1, 0.15) is 15.7 Å². The lowest BCUT2D eigenvalue weighted by atomic mass is 10.1. The third-order valence-corrected chi connectivity index (χ3v) is 4.63. The van der Waals surface area contributed by atoms with Gasteiger partial charge >= 0.3 is 0 Å². The van der Waals surface area contributed by atoms with Gasteiger partial charge in [-0.05, 0) is 38.8 Å². The van der Waals surface area contributed by atoms with E-state index in [1.807, 2.05) is 0 Å². The first kappa shape index (κ1) is 15.9. The minimum Gasteiger partial charge on any atom is -0.332 e. The number of carbonyl (C=O) groups excluding carboxylic acids is 1. The molecule has 21 heavy (non-hydrogen) atoms. The van der Waals surface area contributed by atoms with E-state index in [1.54, 1.807) is 19.9 Å². The molecule has 6 heteroatoms. The third-order valence-electron chi connectivity index (χ3n) is 3.55. The maximum absolute atomic E-state index is 13.9. The molecule has 0 radical (unpaired) electrons. The van der Waals surface area contributed by atoms with Gasteiger partial charge in [-0.1, -0.05) is 11.6 Å². The van der Waals surface area contributed by atoms with Crippen molar-refractivity contribution in [3.63, 3.8) is 0 Å². The molecular weight excluding hydrogens is 293 g/mol. The Bertz CT molecular complexity index is 653. The number of amides is 1. The quantitative estimate of drug-likeness (QED) is 0.837. The van der Waals surface area contributed by atoms with Crippen LogP contribution >= 0.6 is 0 Å². The highest BCUT2D eigenvalue weighted by atomic mass is 32.2. The van der Waals surface area contributed by atoms with Crippen molar-refractivity contribution >= 4 is 15.7 Å². The lowest BCUT2D eigenvalue weighted by Gasteiger charge is -2.29. The zero-order valence-electron chi connectivity index (χ0n) is 12.5. The van der Waals surface area contributed by atoms with Crippen molar-refractivity contribution in [3.8, 4) is 0 Å². The average Bonchev–Trinajstić information content (AvgIpc) is 3.14. The van der Waals surface area contributed by atoms with Gasteiger partial charge in [-0.15, -0.1) is 0 Å². The van der Waals surface area contributed by atoms with Crippen molar-refractivity contribution in [1.82, 2.24) is 4.90 Å². The number of nitrogens with zero attached hydrogens (tertiary/aromatic N) is 1. The van der Waals surface area contributed by atoms with E-state index in [9.17, 15) is 17.6 Å². The number of carbonyl (C=O) groups is 1. The monoisotopic (exact) mass is 313 g/mol. The molecule has 0 saturated heterocycles. The molecule has 1 aliphatic rings. The molecule has 1 aliphatic carbocycles. The first-order valence-corrected chi connectivity index (χ1v) is 9.01. The third kappa shape index (κ3) is 4.03. The summed E-state index contributed by atoms with van der Waals surface area (Å²) in [7, 11) is -3.20. The molecule has 1 saturated carbocycles. The van der Waals surface area contributed by atoms with Gasteiger partial charge in [-0.3, -0.25) is 4.79 Å². The molecule has 0 spiro atoms. The van der Waals surface area contributed by atoms with Crippen LogP contribution < -0.4 is 0 Å². The Kier molecular flexibility index (Phi) is 4.37. The fraction of sp³-hybridized carbons (Fsp3) is 0.533. The minimum absolute atomic E-state index is 0.0160. The highest BCUT2D eigenvalue weighted by Crippen LogP contribution is 2.31.